The number of aromatic nitrogens is 1. The molecule has 192 valence electrons. The number of rotatable bonds is 5. The number of anilines is 1. The smallest absolute Gasteiger partial charge is 0.234 e. The normalized spacial score (nSPS) is 23.1. The van der Waals surface area contributed by atoms with Gasteiger partial charge in [-0.15, -0.1) is 11.3 Å². The Hall–Kier alpha value is -2.97. The van der Waals surface area contributed by atoms with E-state index in [0.29, 0.717) is 5.02 Å². The number of benzene rings is 1. The molecule has 3 aromatic rings. The molecule has 0 radical (unpaired) electrons. The van der Waals surface area contributed by atoms with Crippen LogP contribution in [0.25, 0.3) is 21.3 Å². The molecule has 37 heavy (non-hydrogen) atoms. The van der Waals surface area contributed by atoms with E-state index in [4.69, 9.17) is 17.3 Å². The average Bonchev–Trinajstić information content (AvgIpc) is 3.09. The van der Waals surface area contributed by atoms with Crippen LogP contribution >= 0.6 is 22.9 Å². The summed E-state index contributed by atoms with van der Waals surface area (Å²) in [5.41, 5.74) is 10.4. The molecule has 6 rings (SSSR count). The summed E-state index contributed by atoms with van der Waals surface area (Å²) in [5.74, 6) is -0.800. The molecule has 1 saturated carbocycles. The molecular formula is C28H29ClN4O3S. The van der Waals surface area contributed by atoms with E-state index in [2.05, 4.69) is 16.8 Å². The van der Waals surface area contributed by atoms with Gasteiger partial charge in [0.05, 0.1) is 28.6 Å². The highest BCUT2D eigenvalue weighted by molar-refractivity contribution is 7.19. The number of likely N-dealkylation sites (tertiary alicyclic amines) is 1. The van der Waals surface area contributed by atoms with Crippen molar-refractivity contribution in [3.63, 3.8) is 0 Å². The summed E-state index contributed by atoms with van der Waals surface area (Å²) < 4.78 is 0.997. The van der Waals surface area contributed by atoms with Crippen LogP contribution in [0.3, 0.4) is 0 Å². The maximum Gasteiger partial charge on any atom is 0.234 e. The summed E-state index contributed by atoms with van der Waals surface area (Å²) in [4.78, 5) is 46.7. The van der Waals surface area contributed by atoms with Gasteiger partial charge in [0.15, 0.2) is 0 Å². The SMILES string of the molecule is Cc1cc(Cl)cc(-c2ccnc3cc(CN4C(=O)C5C(C4=O)C5(C)C)sc23)c1N1CCC(C(N)=O)CC1. The van der Waals surface area contributed by atoms with Gasteiger partial charge in [0.25, 0.3) is 0 Å². The number of fused-ring (bicyclic) bond motifs is 2. The van der Waals surface area contributed by atoms with Crippen molar-refractivity contribution >= 4 is 56.6 Å². The Labute approximate surface area is 224 Å². The molecule has 2 unspecified atom stereocenters. The fraction of sp³-hybridized carbons (Fsp3) is 0.429. The van der Waals surface area contributed by atoms with Gasteiger partial charge < -0.3 is 10.6 Å². The van der Waals surface area contributed by atoms with Gasteiger partial charge in [-0.3, -0.25) is 24.3 Å². The minimum atomic E-state index is -0.231. The molecular weight excluding hydrogens is 508 g/mol. The molecule has 2 N–H and O–H groups in total. The number of aryl methyl sites for hydroxylation is 1. The molecule has 0 bridgehead atoms. The number of imide groups is 1. The maximum atomic E-state index is 12.9. The van der Waals surface area contributed by atoms with Crippen LogP contribution in [-0.2, 0) is 20.9 Å². The molecule has 3 amide bonds. The lowest BCUT2D eigenvalue weighted by Crippen LogP contribution is -2.39. The number of nitrogens with two attached hydrogens (primary N) is 1. The first-order valence-electron chi connectivity index (χ1n) is 12.7. The third kappa shape index (κ3) is 3.84. The molecule has 1 aromatic carbocycles. The molecule has 2 aliphatic heterocycles. The van der Waals surface area contributed by atoms with Crippen molar-refractivity contribution in [3.8, 4) is 11.1 Å². The average molecular weight is 537 g/mol. The zero-order valence-electron chi connectivity index (χ0n) is 21.1. The summed E-state index contributed by atoms with van der Waals surface area (Å²) in [5, 5.41) is 0.653. The van der Waals surface area contributed by atoms with Gasteiger partial charge in [-0.1, -0.05) is 25.4 Å². The van der Waals surface area contributed by atoms with Crippen molar-refractivity contribution in [2.75, 3.05) is 18.0 Å². The van der Waals surface area contributed by atoms with Crippen LogP contribution < -0.4 is 10.6 Å². The first-order valence-corrected chi connectivity index (χ1v) is 13.8. The Morgan fingerprint density at radius 3 is 2.46 bits per heavy atom. The Bertz CT molecular complexity index is 1450. The number of pyridine rings is 1. The second-order valence-corrected chi connectivity index (χ2v) is 12.7. The van der Waals surface area contributed by atoms with Crippen LogP contribution in [0.1, 0.15) is 37.1 Å². The molecule has 9 heteroatoms. The number of amides is 3. The first-order chi connectivity index (χ1) is 17.6. The van der Waals surface area contributed by atoms with Crippen LogP contribution in [0.15, 0.2) is 30.5 Å². The van der Waals surface area contributed by atoms with Crippen molar-refractivity contribution in [3.05, 3.63) is 45.9 Å². The van der Waals surface area contributed by atoms with Gasteiger partial charge >= 0.3 is 0 Å². The third-order valence-corrected chi connectivity index (χ3v) is 9.80. The highest BCUT2D eigenvalue weighted by atomic mass is 35.5. The van der Waals surface area contributed by atoms with Gasteiger partial charge in [0.1, 0.15) is 0 Å². The predicted octanol–water partition coefficient (Wildman–Crippen LogP) is 4.77. The molecule has 7 nitrogen and oxygen atoms in total. The van der Waals surface area contributed by atoms with E-state index in [1.54, 1.807) is 17.5 Å². The third-order valence-electron chi connectivity index (χ3n) is 8.44. The molecule has 0 spiro atoms. The molecule has 2 saturated heterocycles. The Kier molecular flexibility index (Phi) is 5.62. The number of primary amides is 1. The molecule has 2 atom stereocenters. The maximum absolute atomic E-state index is 12.9. The highest BCUT2D eigenvalue weighted by Gasteiger charge is 2.72. The lowest BCUT2D eigenvalue weighted by atomic mass is 9.93. The van der Waals surface area contributed by atoms with Crippen molar-refractivity contribution < 1.29 is 14.4 Å². The number of hydrogen-bond donors (Lipinski definition) is 1. The number of carbonyl (C=O) groups is 3. The van der Waals surface area contributed by atoms with E-state index in [9.17, 15) is 14.4 Å². The fourth-order valence-corrected chi connectivity index (χ4v) is 7.74. The number of nitrogens with zero attached hydrogens (tertiary/aromatic N) is 3. The highest BCUT2D eigenvalue weighted by Crippen LogP contribution is 2.63. The number of thiophene rings is 1. The quantitative estimate of drug-likeness (QED) is 0.474. The van der Waals surface area contributed by atoms with E-state index in [0.717, 1.165) is 63.4 Å². The Morgan fingerprint density at radius 2 is 1.81 bits per heavy atom. The topological polar surface area (TPSA) is 96.6 Å². The van der Waals surface area contributed by atoms with Crippen LogP contribution in [0.2, 0.25) is 5.02 Å². The molecule has 1 aliphatic carbocycles. The zero-order chi connectivity index (χ0) is 26.2. The fourth-order valence-electron chi connectivity index (χ4n) is 6.34. The van der Waals surface area contributed by atoms with Gasteiger partial charge in [0.2, 0.25) is 17.7 Å². The van der Waals surface area contributed by atoms with Crippen LogP contribution in [-0.4, -0.2) is 40.7 Å². The summed E-state index contributed by atoms with van der Waals surface area (Å²) in [7, 11) is 0. The van der Waals surface area contributed by atoms with Gasteiger partial charge in [-0.25, -0.2) is 0 Å². The summed E-state index contributed by atoms with van der Waals surface area (Å²) in [6.45, 7) is 7.80. The zero-order valence-corrected chi connectivity index (χ0v) is 22.7. The van der Waals surface area contributed by atoms with Crippen LogP contribution in [0, 0.1) is 30.1 Å². The summed E-state index contributed by atoms with van der Waals surface area (Å²) in [6.07, 6.45) is 3.24. The van der Waals surface area contributed by atoms with Crippen molar-refractivity contribution in [2.45, 2.75) is 40.2 Å². The lowest BCUT2D eigenvalue weighted by molar-refractivity contribution is -0.143. The molecule has 4 heterocycles. The standard InChI is InChI=1S/C28H29ClN4O3S/c1-14-10-16(29)11-19(23(14)32-8-5-15(6-9-32)25(30)34)18-4-7-31-20-12-17(37-24(18)20)13-33-26(35)21-22(27(33)36)28(21,2)3/h4,7,10-12,15,21-22H,5-6,8-9,13H2,1-3H3,(H2,30,34). The summed E-state index contributed by atoms with van der Waals surface area (Å²) >= 11 is 8.11. The second kappa shape index (κ2) is 8.53. The minimum absolute atomic E-state index is 0.0576. The van der Waals surface area contributed by atoms with E-state index < -0.39 is 0 Å². The van der Waals surface area contributed by atoms with Gasteiger partial charge in [-0.2, -0.15) is 0 Å². The number of carbonyl (C=O) groups excluding carboxylic acids is 3. The number of halogens is 1. The number of hydrogen-bond acceptors (Lipinski definition) is 6. The van der Waals surface area contributed by atoms with Crippen LogP contribution in [0.5, 0.6) is 0 Å². The number of piperidine rings is 2. The largest absolute Gasteiger partial charge is 0.371 e. The predicted molar refractivity (Wildman–Crippen MR) is 145 cm³/mol. The lowest BCUT2D eigenvalue weighted by Gasteiger charge is -2.35. The Balaban J connectivity index is 1.35. The summed E-state index contributed by atoms with van der Waals surface area (Å²) in [6, 6.07) is 7.93. The van der Waals surface area contributed by atoms with Crippen molar-refractivity contribution in [1.82, 2.24) is 9.88 Å². The van der Waals surface area contributed by atoms with Crippen molar-refractivity contribution in [2.24, 2.45) is 28.9 Å². The van der Waals surface area contributed by atoms with E-state index >= 15 is 0 Å². The van der Waals surface area contributed by atoms with Gasteiger partial charge in [-0.05, 0) is 55.0 Å². The van der Waals surface area contributed by atoms with E-state index in [1.807, 2.05) is 38.1 Å². The Morgan fingerprint density at radius 1 is 1.14 bits per heavy atom. The molecule has 3 fully saturated rings. The minimum Gasteiger partial charge on any atom is -0.371 e. The molecule has 2 aromatic heterocycles. The second-order valence-electron chi connectivity index (χ2n) is 11.1. The van der Waals surface area contributed by atoms with Crippen molar-refractivity contribution in [1.29, 1.82) is 0 Å². The first kappa shape index (κ1) is 24.4. The van der Waals surface area contributed by atoms with E-state index in [1.165, 1.54) is 4.90 Å². The van der Waals surface area contributed by atoms with E-state index in [-0.39, 0.29) is 47.4 Å². The molecule has 3 aliphatic rings. The van der Waals surface area contributed by atoms with Crippen LogP contribution in [0.4, 0.5) is 5.69 Å². The van der Waals surface area contributed by atoms with Gasteiger partial charge in [0, 0.05) is 51.9 Å². The monoisotopic (exact) mass is 536 g/mol.